The van der Waals surface area contributed by atoms with Crippen molar-refractivity contribution in [1.29, 1.82) is 0 Å². The molecule has 0 unspecified atom stereocenters. The number of nitrogens with zero attached hydrogens (tertiary/aromatic N) is 1. The minimum absolute atomic E-state index is 0.0632. The number of hydrogen-bond donors (Lipinski definition) is 1. The normalized spacial score (nSPS) is 28.1. The quantitative estimate of drug-likeness (QED) is 0.775. The van der Waals surface area contributed by atoms with Gasteiger partial charge in [-0.25, -0.2) is 9.59 Å². The van der Waals surface area contributed by atoms with Crippen LogP contribution in [0, 0.1) is 0 Å². The van der Waals surface area contributed by atoms with Gasteiger partial charge in [0.1, 0.15) is 17.7 Å². The number of alkyl carbamates (subject to hydrolysis) is 1. The summed E-state index contributed by atoms with van der Waals surface area (Å²) in [5.74, 6) is -0.622. The molecule has 22 heavy (non-hydrogen) atoms. The summed E-state index contributed by atoms with van der Waals surface area (Å²) in [5, 5.41) is 2.61. The topological polar surface area (TPSA) is 84.9 Å². The van der Waals surface area contributed by atoms with Crippen molar-refractivity contribution in [2.24, 2.45) is 0 Å². The van der Waals surface area contributed by atoms with Gasteiger partial charge >= 0.3 is 12.1 Å². The van der Waals surface area contributed by atoms with Crippen LogP contribution < -0.4 is 5.32 Å². The number of hydrogen-bond acceptors (Lipinski definition) is 5. The molecule has 2 fully saturated rings. The van der Waals surface area contributed by atoms with Crippen molar-refractivity contribution in [3.05, 3.63) is 0 Å². The van der Waals surface area contributed by atoms with Crippen LogP contribution in [0.1, 0.15) is 46.5 Å². The maximum Gasteiger partial charge on any atom is 0.408 e. The Balaban J connectivity index is 2.03. The van der Waals surface area contributed by atoms with Gasteiger partial charge in [0.15, 0.2) is 0 Å². The average Bonchev–Trinajstić information content (AvgIpc) is 2.83. The van der Waals surface area contributed by atoms with E-state index in [1.54, 1.807) is 25.7 Å². The average molecular weight is 312 g/mol. The zero-order valence-corrected chi connectivity index (χ0v) is 13.5. The van der Waals surface area contributed by atoms with E-state index in [-0.39, 0.29) is 11.9 Å². The molecule has 0 radical (unpaired) electrons. The number of rotatable bonds is 2. The highest BCUT2D eigenvalue weighted by Gasteiger charge is 2.47. The number of fused-ring (bicyclic) bond motifs is 1. The third-order valence-electron chi connectivity index (χ3n) is 4.01. The Morgan fingerprint density at radius 3 is 2.41 bits per heavy atom. The molecule has 2 rings (SSSR count). The van der Waals surface area contributed by atoms with Crippen LogP contribution in [-0.4, -0.2) is 53.7 Å². The molecule has 7 heteroatoms. The molecule has 3 atom stereocenters. The van der Waals surface area contributed by atoms with Crippen LogP contribution in [0.4, 0.5) is 4.79 Å². The Kier molecular flexibility index (Phi) is 4.63. The molecule has 2 saturated heterocycles. The SMILES string of the molecule is COC(=O)[C@@H]1CC[C@@H]2CC[C@H](NC(=O)OC(C)(C)C)C(=O)N21. The van der Waals surface area contributed by atoms with Gasteiger partial charge in [0.05, 0.1) is 7.11 Å². The van der Waals surface area contributed by atoms with Crippen molar-refractivity contribution >= 4 is 18.0 Å². The highest BCUT2D eigenvalue weighted by Crippen LogP contribution is 2.33. The lowest BCUT2D eigenvalue weighted by Gasteiger charge is -2.37. The van der Waals surface area contributed by atoms with Crippen molar-refractivity contribution in [1.82, 2.24) is 10.2 Å². The van der Waals surface area contributed by atoms with Crippen LogP contribution in [0.15, 0.2) is 0 Å². The molecule has 2 heterocycles. The van der Waals surface area contributed by atoms with Gasteiger partial charge in [-0.2, -0.15) is 0 Å². The summed E-state index contributed by atoms with van der Waals surface area (Å²) >= 11 is 0. The molecule has 0 saturated carbocycles. The number of nitrogens with one attached hydrogen (secondary N) is 1. The maximum absolute atomic E-state index is 12.6. The van der Waals surface area contributed by atoms with E-state index in [1.807, 2.05) is 0 Å². The van der Waals surface area contributed by atoms with E-state index in [1.165, 1.54) is 7.11 Å². The molecule has 2 amide bonds. The van der Waals surface area contributed by atoms with Gasteiger partial charge < -0.3 is 19.7 Å². The first-order chi connectivity index (χ1) is 10.2. The molecule has 124 valence electrons. The fourth-order valence-corrected chi connectivity index (χ4v) is 3.11. The van der Waals surface area contributed by atoms with Crippen molar-refractivity contribution in [2.75, 3.05) is 7.11 Å². The molecule has 0 spiro atoms. The second-order valence-electron chi connectivity index (χ2n) is 6.79. The van der Waals surface area contributed by atoms with E-state index in [0.29, 0.717) is 12.8 Å². The van der Waals surface area contributed by atoms with E-state index in [4.69, 9.17) is 9.47 Å². The summed E-state index contributed by atoms with van der Waals surface area (Å²) in [6.07, 6.45) is 2.12. The van der Waals surface area contributed by atoms with Gasteiger partial charge in [-0.1, -0.05) is 0 Å². The zero-order valence-electron chi connectivity index (χ0n) is 13.5. The van der Waals surface area contributed by atoms with Crippen LogP contribution >= 0.6 is 0 Å². The Bertz CT molecular complexity index is 471. The fourth-order valence-electron chi connectivity index (χ4n) is 3.11. The van der Waals surface area contributed by atoms with Gasteiger partial charge in [0, 0.05) is 6.04 Å². The predicted octanol–water partition coefficient (Wildman–Crippen LogP) is 1.21. The molecule has 0 bridgehead atoms. The van der Waals surface area contributed by atoms with E-state index < -0.39 is 29.7 Å². The first-order valence-corrected chi connectivity index (χ1v) is 7.62. The third kappa shape index (κ3) is 3.51. The Morgan fingerprint density at radius 1 is 1.18 bits per heavy atom. The van der Waals surface area contributed by atoms with Gasteiger partial charge in [0.25, 0.3) is 0 Å². The lowest BCUT2D eigenvalue weighted by molar-refractivity contribution is -0.154. The summed E-state index contributed by atoms with van der Waals surface area (Å²) in [4.78, 5) is 37.8. The van der Waals surface area contributed by atoms with Gasteiger partial charge in [-0.3, -0.25) is 4.79 Å². The number of piperidine rings is 1. The number of ether oxygens (including phenoxy) is 2. The second kappa shape index (κ2) is 6.14. The van der Waals surface area contributed by atoms with Crippen LogP contribution in [0.2, 0.25) is 0 Å². The molecule has 0 aliphatic carbocycles. The van der Waals surface area contributed by atoms with Crippen LogP contribution in [-0.2, 0) is 19.1 Å². The van der Waals surface area contributed by atoms with Crippen molar-refractivity contribution in [3.63, 3.8) is 0 Å². The molecule has 1 N–H and O–H groups in total. The Labute approximate surface area is 130 Å². The monoisotopic (exact) mass is 312 g/mol. The molecule has 2 aliphatic heterocycles. The van der Waals surface area contributed by atoms with Crippen molar-refractivity contribution in [2.45, 2.75) is 70.2 Å². The first kappa shape index (κ1) is 16.6. The number of esters is 1. The molecular formula is C15H24N2O5. The molecule has 0 aromatic heterocycles. The molecule has 2 aliphatic rings. The van der Waals surface area contributed by atoms with Gasteiger partial charge in [-0.15, -0.1) is 0 Å². The summed E-state index contributed by atoms with van der Waals surface area (Å²) in [6, 6.07) is -1.12. The lowest BCUT2D eigenvalue weighted by atomic mass is 9.98. The summed E-state index contributed by atoms with van der Waals surface area (Å²) in [6.45, 7) is 5.29. The summed E-state index contributed by atoms with van der Waals surface area (Å²) in [7, 11) is 1.32. The first-order valence-electron chi connectivity index (χ1n) is 7.62. The Hall–Kier alpha value is -1.79. The number of amides is 2. The molecule has 0 aromatic rings. The van der Waals surface area contributed by atoms with Crippen LogP contribution in [0.25, 0.3) is 0 Å². The highest BCUT2D eigenvalue weighted by atomic mass is 16.6. The van der Waals surface area contributed by atoms with E-state index >= 15 is 0 Å². The van der Waals surface area contributed by atoms with E-state index in [0.717, 1.165) is 12.8 Å². The maximum atomic E-state index is 12.6. The lowest BCUT2D eigenvalue weighted by Crippen LogP contribution is -2.58. The number of methoxy groups -OCH3 is 1. The van der Waals surface area contributed by atoms with Crippen molar-refractivity contribution in [3.8, 4) is 0 Å². The minimum atomic E-state index is -0.642. The molecule has 0 aromatic carbocycles. The highest BCUT2D eigenvalue weighted by molar-refractivity contribution is 5.91. The second-order valence-corrected chi connectivity index (χ2v) is 6.79. The van der Waals surface area contributed by atoms with Crippen LogP contribution in [0.3, 0.4) is 0 Å². The van der Waals surface area contributed by atoms with Gasteiger partial charge in [0.2, 0.25) is 5.91 Å². The smallest absolute Gasteiger partial charge is 0.408 e. The predicted molar refractivity (Wildman–Crippen MR) is 78.1 cm³/mol. The third-order valence-corrected chi connectivity index (χ3v) is 4.01. The van der Waals surface area contributed by atoms with Crippen LogP contribution in [0.5, 0.6) is 0 Å². The number of carbonyl (C=O) groups excluding carboxylic acids is 3. The summed E-state index contributed by atoms with van der Waals surface area (Å²) in [5.41, 5.74) is -0.619. The number of carbonyl (C=O) groups is 3. The Morgan fingerprint density at radius 2 is 1.82 bits per heavy atom. The molecular weight excluding hydrogens is 288 g/mol. The largest absolute Gasteiger partial charge is 0.467 e. The van der Waals surface area contributed by atoms with Crippen molar-refractivity contribution < 1.29 is 23.9 Å². The minimum Gasteiger partial charge on any atom is -0.467 e. The summed E-state index contributed by atoms with van der Waals surface area (Å²) < 4.78 is 9.95. The standard InChI is InChI=1S/C15H24N2O5/c1-15(2,3)22-14(20)16-10-7-5-9-6-8-11(13(19)21-4)17(9)12(10)18/h9-11H,5-8H2,1-4H3,(H,16,20)/t9-,10-,11-/m0/s1. The zero-order chi connectivity index (χ0) is 16.5. The molecule has 7 nitrogen and oxygen atoms in total. The van der Waals surface area contributed by atoms with E-state index in [9.17, 15) is 14.4 Å². The fraction of sp³-hybridized carbons (Fsp3) is 0.800. The van der Waals surface area contributed by atoms with E-state index in [2.05, 4.69) is 5.32 Å². The van der Waals surface area contributed by atoms with Gasteiger partial charge in [-0.05, 0) is 46.5 Å².